The Hall–Kier alpha value is -0.648. The molecular weight excluding hydrogens is 143 g/mol. The molecule has 0 aliphatic carbocycles. The van der Waals surface area contributed by atoms with Crippen molar-refractivity contribution in [2.75, 3.05) is 7.11 Å². The van der Waals surface area contributed by atoms with Gasteiger partial charge >= 0.3 is 0 Å². The van der Waals surface area contributed by atoms with Crippen LogP contribution in [0.4, 0.5) is 0 Å². The van der Waals surface area contributed by atoms with Gasteiger partial charge in [-0.25, -0.2) is 0 Å². The molecule has 0 saturated carbocycles. The van der Waals surface area contributed by atoms with Crippen molar-refractivity contribution in [2.45, 2.75) is 0 Å². The molecule has 0 aliphatic rings. The van der Waals surface area contributed by atoms with E-state index in [0.717, 1.165) is 0 Å². The fourth-order valence-electron chi connectivity index (χ4n) is 0.630. The van der Waals surface area contributed by atoms with Crippen LogP contribution in [0, 0.1) is 0 Å². The van der Waals surface area contributed by atoms with E-state index in [0.29, 0.717) is 5.75 Å². The van der Waals surface area contributed by atoms with Crippen molar-refractivity contribution in [2.24, 2.45) is 0 Å². The highest BCUT2D eigenvalue weighted by Gasteiger charge is 1.94. The average Bonchev–Trinajstić information content (AvgIpc) is 1.89. The maximum atomic E-state index is 8.99. The topological polar surface area (TPSA) is 29.5 Å². The van der Waals surface area contributed by atoms with Crippen molar-refractivity contribution in [1.29, 1.82) is 0 Å². The maximum Gasteiger partial charge on any atom is 0.160 e. The molecule has 3 radical (unpaired) electrons. The molecule has 10 heavy (non-hydrogen) atoms. The van der Waals surface area contributed by atoms with E-state index in [1.165, 1.54) is 7.11 Å². The van der Waals surface area contributed by atoms with Crippen LogP contribution >= 0.6 is 0 Å². The van der Waals surface area contributed by atoms with Crippen LogP contribution in [0.25, 0.3) is 0 Å². The first-order chi connectivity index (χ1) is 4.34. The lowest BCUT2D eigenvalue weighted by Gasteiger charge is -1.99. The second-order valence-corrected chi connectivity index (χ2v) is 1.67. The van der Waals surface area contributed by atoms with Crippen LogP contribution in [0.15, 0.2) is 24.3 Å². The van der Waals surface area contributed by atoms with Gasteiger partial charge in [0.25, 0.3) is 0 Å². The van der Waals surface area contributed by atoms with E-state index < -0.39 is 0 Å². The van der Waals surface area contributed by atoms with Crippen LogP contribution in [0.1, 0.15) is 0 Å². The first kappa shape index (κ1) is 9.35. The molecule has 1 aromatic carbocycles. The van der Waals surface area contributed by atoms with Crippen LogP contribution in [-0.4, -0.2) is 29.6 Å². The van der Waals surface area contributed by atoms with Gasteiger partial charge in [0.15, 0.2) is 11.5 Å². The third-order valence-electron chi connectivity index (χ3n) is 1.09. The Kier molecular flexibility index (Phi) is 3.94. The lowest BCUT2D eigenvalue weighted by atomic mass is 10.3. The largest absolute Gasteiger partial charge is 0.504 e. The quantitative estimate of drug-likeness (QED) is 0.607. The summed E-state index contributed by atoms with van der Waals surface area (Å²) in [6.07, 6.45) is 0. The first-order valence-electron chi connectivity index (χ1n) is 2.66. The zero-order valence-corrected chi connectivity index (χ0v) is 6.90. The lowest BCUT2D eigenvalue weighted by Crippen LogP contribution is -1.80. The van der Waals surface area contributed by atoms with E-state index in [1.54, 1.807) is 24.3 Å². The summed E-state index contributed by atoms with van der Waals surface area (Å²) in [7, 11) is 1.52. The number of hydrogen-bond donors (Lipinski definition) is 1. The summed E-state index contributed by atoms with van der Waals surface area (Å²) in [5.74, 6) is 0.692. The van der Waals surface area contributed by atoms with E-state index in [2.05, 4.69) is 0 Å². The van der Waals surface area contributed by atoms with Gasteiger partial charge in [-0.3, -0.25) is 0 Å². The number of rotatable bonds is 1. The van der Waals surface area contributed by atoms with Gasteiger partial charge in [0.05, 0.1) is 7.11 Å². The maximum absolute atomic E-state index is 8.99. The number of phenols is 1. The van der Waals surface area contributed by atoms with E-state index in [-0.39, 0.29) is 23.1 Å². The Morgan fingerprint density at radius 1 is 1.30 bits per heavy atom. The SMILES string of the molecule is COc1ccccc1O.[Al]. The molecule has 1 aromatic rings. The standard InChI is InChI=1S/C7H8O2.Al/c1-9-7-5-3-2-4-6(7)8;/h2-5,8H,1H3;. The lowest BCUT2D eigenvalue weighted by molar-refractivity contribution is 0.373. The summed E-state index contributed by atoms with van der Waals surface area (Å²) < 4.78 is 4.79. The number of phenolic OH excluding ortho intramolecular Hbond substituents is 1. The fraction of sp³-hybridized carbons (Fsp3) is 0.143. The molecule has 0 fully saturated rings. The number of hydrogen-bond acceptors (Lipinski definition) is 2. The number of benzene rings is 1. The highest BCUT2D eigenvalue weighted by molar-refractivity contribution is 5.75. The van der Waals surface area contributed by atoms with Crippen LogP contribution in [0.3, 0.4) is 0 Å². The summed E-state index contributed by atoms with van der Waals surface area (Å²) >= 11 is 0. The molecule has 0 spiro atoms. The molecule has 0 amide bonds. The third kappa shape index (κ3) is 1.94. The fourth-order valence-corrected chi connectivity index (χ4v) is 0.630. The van der Waals surface area contributed by atoms with Crippen molar-refractivity contribution in [3.8, 4) is 11.5 Å². The summed E-state index contributed by atoms with van der Waals surface area (Å²) in [5.41, 5.74) is 0. The van der Waals surface area contributed by atoms with Gasteiger partial charge in [-0.1, -0.05) is 12.1 Å². The summed E-state index contributed by atoms with van der Waals surface area (Å²) in [6, 6.07) is 6.84. The van der Waals surface area contributed by atoms with E-state index in [4.69, 9.17) is 9.84 Å². The van der Waals surface area contributed by atoms with Crippen LogP contribution in [0.5, 0.6) is 11.5 Å². The Labute approximate surface area is 70.6 Å². The number of aromatic hydroxyl groups is 1. The van der Waals surface area contributed by atoms with E-state index >= 15 is 0 Å². The highest BCUT2D eigenvalue weighted by Crippen LogP contribution is 2.22. The predicted octanol–water partition coefficient (Wildman–Crippen LogP) is 1.02. The van der Waals surface area contributed by atoms with Gasteiger partial charge in [0, 0.05) is 17.4 Å². The molecule has 0 heterocycles. The van der Waals surface area contributed by atoms with Gasteiger partial charge in [-0.15, -0.1) is 0 Å². The average molecular weight is 151 g/mol. The molecule has 1 rings (SSSR count). The second kappa shape index (κ2) is 4.21. The zero-order valence-electron chi connectivity index (χ0n) is 5.74. The molecule has 51 valence electrons. The monoisotopic (exact) mass is 151 g/mol. The van der Waals surface area contributed by atoms with Crippen molar-refractivity contribution in [3.63, 3.8) is 0 Å². The van der Waals surface area contributed by atoms with Crippen molar-refractivity contribution in [3.05, 3.63) is 24.3 Å². The Morgan fingerprint density at radius 3 is 2.30 bits per heavy atom. The van der Waals surface area contributed by atoms with Gasteiger partial charge in [-0.2, -0.15) is 0 Å². The molecule has 0 saturated heterocycles. The molecule has 1 N–H and O–H groups in total. The van der Waals surface area contributed by atoms with Gasteiger partial charge in [-0.05, 0) is 12.1 Å². The number of ether oxygens (including phenoxy) is 1. The van der Waals surface area contributed by atoms with Crippen molar-refractivity contribution < 1.29 is 9.84 Å². The molecule has 2 nitrogen and oxygen atoms in total. The zero-order chi connectivity index (χ0) is 6.69. The molecule has 0 unspecified atom stereocenters. The number of methoxy groups -OCH3 is 1. The normalized spacial score (nSPS) is 8.10. The highest BCUT2D eigenvalue weighted by atomic mass is 27.0. The smallest absolute Gasteiger partial charge is 0.160 e. The first-order valence-corrected chi connectivity index (χ1v) is 2.66. The number of para-hydroxylation sites is 2. The van der Waals surface area contributed by atoms with Gasteiger partial charge in [0.1, 0.15) is 0 Å². The molecule has 3 heteroatoms. The van der Waals surface area contributed by atoms with Crippen LogP contribution < -0.4 is 4.74 Å². The minimum Gasteiger partial charge on any atom is -0.504 e. The minimum atomic E-state index is 0. The molecule has 0 aromatic heterocycles. The summed E-state index contributed by atoms with van der Waals surface area (Å²) in [6.45, 7) is 0. The molecule has 0 aliphatic heterocycles. The van der Waals surface area contributed by atoms with E-state index in [9.17, 15) is 0 Å². The second-order valence-electron chi connectivity index (χ2n) is 1.67. The molecule has 0 bridgehead atoms. The molecular formula is C7H8AlO2. The molecule has 0 atom stereocenters. The summed E-state index contributed by atoms with van der Waals surface area (Å²) in [4.78, 5) is 0. The summed E-state index contributed by atoms with van der Waals surface area (Å²) in [5, 5.41) is 8.99. The minimum absolute atomic E-state index is 0. The Bertz CT molecular complexity index is 201. The Balaban J connectivity index is 0.000000810. The van der Waals surface area contributed by atoms with Crippen LogP contribution in [0.2, 0.25) is 0 Å². The van der Waals surface area contributed by atoms with Crippen molar-refractivity contribution >= 4 is 17.4 Å². The van der Waals surface area contributed by atoms with Gasteiger partial charge in [0.2, 0.25) is 0 Å². The van der Waals surface area contributed by atoms with Crippen LogP contribution in [-0.2, 0) is 0 Å². The predicted molar refractivity (Wildman–Crippen MR) is 40.4 cm³/mol. The van der Waals surface area contributed by atoms with Gasteiger partial charge < -0.3 is 9.84 Å². The third-order valence-corrected chi connectivity index (χ3v) is 1.09. The Morgan fingerprint density at radius 2 is 1.90 bits per heavy atom. The van der Waals surface area contributed by atoms with Crippen molar-refractivity contribution in [1.82, 2.24) is 0 Å². The van der Waals surface area contributed by atoms with E-state index in [1.807, 2.05) is 0 Å².